The van der Waals surface area contributed by atoms with Crippen molar-refractivity contribution in [3.05, 3.63) is 46.6 Å². The zero-order valence-electron chi connectivity index (χ0n) is 17.7. The van der Waals surface area contributed by atoms with E-state index in [4.69, 9.17) is 16.6 Å². The van der Waals surface area contributed by atoms with Gasteiger partial charge in [0.05, 0.1) is 0 Å². The standard InChI is InChI=1S/C23H30ClN5O/c1-18-16-21(27-10-3-2-4-11-27)26-23(25-18)29-14-12-28(13-15-29)22(30)9-8-19-6-5-7-20(24)17-19/h5-7,16-17H,2-4,8-15H2,1H3. The lowest BCUT2D eigenvalue weighted by Crippen LogP contribution is -2.49. The van der Waals surface area contributed by atoms with Crippen LogP contribution in [0.1, 0.15) is 36.9 Å². The Labute approximate surface area is 183 Å². The van der Waals surface area contributed by atoms with Crippen LogP contribution in [-0.4, -0.2) is 60.0 Å². The van der Waals surface area contributed by atoms with Crippen LogP contribution in [0.4, 0.5) is 11.8 Å². The number of benzene rings is 1. The number of rotatable bonds is 5. The van der Waals surface area contributed by atoms with E-state index in [-0.39, 0.29) is 5.91 Å². The highest BCUT2D eigenvalue weighted by Crippen LogP contribution is 2.22. The number of piperidine rings is 1. The average Bonchev–Trinajstić information content (AvgIpc) is 2.78. The van der Waals surface area contributed by atoms with Gasteiger partial charge in [-0.1, -0.05) is 23.7 Å². The molecule has 3 heterocycles. The number of halogens is 1. The Hall–Kier alpha value is -2.34. The molecule has 0 bridgehead atoms. The van der Waals surface area contributed by atoms with Gasteiger partial charge in [0.2, 0.25) is 11.9 Å². The Kier molecular flexibility index (Phi) is 6.72. The highest BCUT2D eigenvalue weighted by molar-refractivity contribution is 6.30. The molecule has 7 heteroatoms. The van der Waals surface area contributed by atoms with Crippen LogP contribution in [0, 0.1) is 6.92 Å². The monoisotopic (exact) mass is 427 g/mol. The largest absolute Gasteiger partial charge is 0.356 e. The molecule has 2 aliphatic rings. The summed E-state index contributed by atoms with van der Waals surface area (Å²) in [6.07, 6.45) is 5.00. The van der Waals surface area contributed by atoms with Crippen molar-refractivity contribution in [1.29, 1.82) is 0 Å². The van der Waals surface area contributed by atoms with Crippen molar-refractivity contribution >= 4 is 29.3 Å². The van der Waals surface area contributed by atoms with Crippen molar-refractivity contribution in [2.45, 2.75) is 39.0 Å². The van der Waals surface area contributed by atoms with E-state index >= 15 is 0 Å². The van der Waals surface area contributed by atoms with Crippen LogP contribution < -0.4 is 9.80 Å². The highest BCUT2D eigenvalue weighted by atomic mass is 35.5. The van der Waals surface area contributed by atoms with Crippen molar-refractivity contribution in [2.75, 3.05) is 49.1 Å². The predicted molar refractivity (Wildman–Crippen MR) is 121 cm³/mol. The molecule has 0 saturated carbocycles. The third-order valence-electron chi connectivity index (χ3n) is 5.94. The molecule has 0 atom stereocenters. The molecule has 0 N–H and O–H groups in total. The third kappa shape index (κ3) is 5.22. The van der Waals surface area contributed by atoms with Gasteiger partial charge < -0.3 is 14.7 Å². The minimum atomic E-state index is 0.203. The van der Waals surface area contributed by atoms with E-state index in [9.17, 15) is 4.79 Å². The molecule has 0 spiro atoms. The maximum atomic E-state index is 12.7. The lowest BCUT2D eigenvalue weighted by Gasteiger charge is -2.35. The summed E-state index contributed by atoms with van der Waals surface area (Å²) in [4.78, 5) is 28.7. The SMILES string of the molecule is Cc1cc(N2CCCCC2)nc(N2CCN(C(=O)CCc3cccc(Cl)c3)CC2)n1. The molecule has 2 saturated heterocycles. The van der Waals surface area contributed by atoms with E-state index in [2.05, 4.69) is 20.9 Å². The summed E-state index contributed by atoms with van der Waals surface area (Å²) in [5, 5.41) is 0.718. The quantitative estimate of drug-likeness (QED) is 0.728. The van der Waals surface area contributed by atoms with Crippen molar-refractivity contribution in [3.63, 3.8) is 0 Å². The van der Waals surface area contributed by atoms with Crippen molar-refractivity contribution in [3.8, 4) is 0 Å². The van der Waals surface area contributed by atoms with Gasteiger partial charge in [0.25, 0.3) is 0 Å². The lowest BCUT2D eigenvalue weighted by atomic mass is 10.1. The maximum absolute atomic E-state index is 12.7. The Balaban J connectivity index is 1.32. The number of aryl methyl sites for hydroxylation is 2. The molecule has 2 fully saturated rings. The van der Waals surface area contributed by atoms with Gasteiger partial charge in [-0.15, -0.1) is 0 Å². The van der Waals surface area contributed by atoms with Crippen LogP contribution in [0.15, 0.2) is 30.3 Å². The van der Waals surface area contributed by atoms with Gasteiger partial charge in [-0.25, -0.2) is 4.98 Å². The normalized spacial score (nSPS) is 17.3. The molecular weight excluding hydrogens is 398 g/mol. The fourth-order valence-corrected chi connectivity index (χ4v) is 4.43. The summed E-state index contributed by atoms with van der Waals surface area (Å²) in [7, 11) is 0. The minimum Gasteiger partial charge on any atom is -0.356 e. The maximum Gasteiger partial charge on any atom is 0.227 e. The lowest BCUT2D eigenvalue weighted by molar-refractivity contribution is -0.131. The second kappa shape index (κ2) is 9.65. The highest BCUT2D eigenvalue weighted by Gasteiger charge is 2.23. The van der Waals surface area contributed by atoms with Gasteiger partial charge in [-0.2, -0.15) is 4.98 Å². The van der Waals surface area contributed by atoms with Gasteiger partial charge >= 0.3 is 0 Å². The van der Waals surface area contributed by atoms with Crippen molar-refractivity contribution in [2.24, 2.45) is 0 Å². The number of piperazine rings is 1. The molecule has 0 unspecified atom stereocenters. The number of amides is 1. The molecule has 1 aromatic carbocycles. The van der Waals surface area contributed by atoms with Crippen LogP contribution >= 0.6 is 11.6 Å². The predicted octanol–water partition coefficient (Wildman–Crippen LogP) is 3.71. The van der Waals surface area contributed by atoms with Gasteiger partial charge in [-0.05, 0) is 50.3 Å². The Morgan fingerprint density at radius 1 is 0.967 bits per heavy atom. The van der Waals surface area contributed by atoms with Crippen LogP contribution in [0.25, 0.3) is 0 Å². The van der Waals surface area contributed by atoms with Crippen LogP contribution in [0.5, 0.6) is 0 Å². The summed E-state index contributed by atoms with van der Waals surface area (Å²) in [5.74, 6) is 2.03. The molecule has 4 rings (SSSR count). The average molecular weight is 428 g/mol. The second-order valence-corrected chi connectivity index (χ2v) is 8.65. The van der Waals surface area contributed by atoms with Gasteiger partial charge in [0.1, 0.15) is 5.82 Å². The molecule has 30 heavy (non-hydrogen) atoms. The second-order valence-electron chi connectivity index (χ2n) is 8.21. The number of hydrogen-bond acceptors (Lipinski definition) is 5. The Morgan fingerprint density at radius 3 is 2.47 bits per heavy atom. The molecule has 1 aromatic heterocycles. The van der Waals surface area contributed by atoms with Gasteiger partial charge in [0, 0.05) is 62.5 Å². The first-order valence-electron chi connectivity index (χ1n) is 11.0. The van der Waals surface area contributed by atoms with Gasteiger partial charge in [0.15, 0.2) is 0 Å². The first-order valence-corrected chi connectivity index (χ1v) is 11.3. The fraction of sp³-hybridized carbons (Fsp3) is 0.522. The molecule has 0 aliphatic carbocycles. The summed E-state index contributed by atoms with van der Waals surface area (Å²) in [6.45, 7) is 7.15. The molecule has 2 aromatic rings. The van der Waals surface area contributed by atoms with Crippen LogP contribution in [-0.2, 0) is 11.2 Å². The number of carbonyl (C=O) groups excluding carboxylic acids is 1. The zero-order chi connectivity index (χ0) is 20.9. The summed E-state index contributed by atoms with van der Waals surface area (Å²) < 4.78 is 0. The first kappa shape index (κ1) is 20.9. The molecule has 160 valence electrons. The van der Waals surface area contributed by atoms with E-state index in [1.165, 1.54) is 19.3 Å². The minimum absolute atomic E-state index is 0.203. The summed E-state index contributed by atoms with van der Waals surface area (Å²) in [6, 6.07) is 9.83. The Bertz CT molecular complexity index is 876. The van der Waals surface area contributed by atoms with Crippen molar-refractivity contribution in [1.82, 2.24) is 14.9 Å². The number of aromatic nitrogens is 2. The smallest absolute Gasteiger partial charge is 0.227 e. The molecule has 0 radical (unpaired) electrons. The number of hydrogen-bond donors (Lipinski definition) is 0. The van der Waals surface area contributed by atoms with E-state index in [1.807, 2.05) is 36.1 Å². The number of carbonyl (C=O) groups is 1. The summed E-state index contributed by atoms with van der Waals surface area (Å²) in [5.41, 5.74) is 2.11. The van der Waals surface area contributed by atoms with E-state index in [0.717, 1.165) is 60.6 Å². The molecule has 2 aliphatic heterocycles. The zero-order valence-corrected chi connectivity index (χ0v) is 18.4. The van der Waals surface area contributed by atoms with Crippen molar-refractivity contribution < 1.29 is 4.79 Å². The third-order valence-corrected chi connectivity index (χ3v) is 6.18. The van der Waals surface area contributed by atoms with E-state index in [1.54, 1.807) is 0 Å². The first-order chi connectivity index (χ1) is 14.6. The van der Waals surface area contributed by atoms with Crippen LogP contribution in [0.3, 0.4) is 0 Å². The Morgan fingerprint density at radius 2 is 1.73 bits per heavy atom. The van der Waals surface area contributed by atoms with Crippen LogP contribution in [0.2, 0.25) is 5.02 Å². The fourth-order valence-electron chi connectivity index (χ4n) is 4.22. The molecular formula is C23H30ClN5O. The topological polar surface area (TPSA) is 52.6 Å². The number of nitrogens with zero attached hydrogens (tertiary/aromatic N) is 5. The van der Waals surface area contributed by atoms with Gasteiger partial charge in [-0.3, -0.25) is 4.79 Å². The summed E-state index contributed by atoms with van der Waals surface area (Å²) >= 11 is 6.04. The molecule has 6 nitrogen and oxygen atoms in total. The van der Waals surface area contributed by atoms with E-state index < -0.39 is 0 Å². The van der Waals surface area contributed by atoms with E-state index in [0.29, 0.717) is 19.5 Å². The number of anilines is 2. The molecule has 1 amide bonds.